The third kappa shape index (κ3) is 4.54. The molecule has 1 aliphatic heterocycles. The summed E-state index contributed by atoms with van der Waals surface area (Å²) in [6.45, 7) is 9.66. The number of nitrogens with zero attached hydrogens (tertiary/aromatic N) is 4. The minimum absolute atomic E-state index is 0.181. The van der Waals surface area contributed by atoms with Gasteiger partial charge in [-0.2, -0.15) is 0 Å². The van der Waals surface area contributed by atoms with Gasteiger partial charge in [-0.15, -0.1) is 11.3 Å². The second kappa shape index (κ2) is 8.42. The molecular formula is C19H23N5O3S2. The molecule has 1 N–H and O–H groups in total. The number of aromatic nitrogens is 2. The van der Waals surface area contributed by atoms with Crippen molar-refractivity contribution >= 4 is 50.0 Å². The Morgan fingerprint density at radius 2 is 2.24 bits per heavy atom. The fraction of sp³-hybridized carbons (Fsp3) is 0.368. The molecule has 3 heterocycles. The second-order valence-corrected chi connectivity index (χ2v) is 10.1. The first kappa shape index (κ1) is 21.1. The van der Waals surface area contributed by atoms with Gasteiger partial charge in [0.25, 0.3) is 5.91 Å². The topological polar surface area (TPSA) is 105 Å². The van der Waals surface area contributed by atoms with Crippen LogP contribution in [0.2, 0.25) is 0 Å². The van der Waals surface area contributed by atoms with Crippen molar-refractivity contribution in [3.05, 3.63) is 41.6 Å². The summed E-state index contributed by atoms with van der Waals surface area (Å²) < 4.78 is 24.3. The second-order valence-electron chi connectivity index (χ2n) is 6.87. The highest BCUT2D eigenvalue weighted by Crippen LogP contribution is 2.27. The largest absolute Gasteiger partial charge is 0.346 e. The van der Waals surface area contributed by atoms with Crippen LogP contribution in [0, 0.1) is 0 Å². The molecule has 0 bridgehead atoms. The van der Waals surface area contributed by atoms with Crippen LogP contribution < -0.4 is 5.32 Å². The lowest BCUT2D eigenvalue weighted by Gasteiger charge is -2.18. The fourth-order valence-corrected chi connectivity index (χ4v) is 5.00. The summed E-state index contributed by atoms with van der Waals surface area (Å²) >= 11 is 1.38. The van der Waals surface area contributed by atoms with Gasteiger partial charge in [0.05, 0.1) is 27.2 Å². The van der Waals surface area contributed by atoms with Gasteiger partial charge in [0.15, 0.2) is 15.5 Å². The van der Waals surface area contributed by atoms with Crippen LogP contribution >= 0.6 is 11.3 Å². The molecule has 0 radical (unpaired) electrons. The van der Waals surface area contributed by atoms with Crippen LogP contribution in [0.15, 0.2) is 40.9 Å². The van der Waals surface area contributed by atoms with Crippen molar-refractivity contribution in [1.29, 1.82) is 0 Å². The third-order valence-electron chi connectivity index (χ3n) is 4.80. The summed E-state index contributed by atoms with van der Waals surface area (Å²) in [4.78, 5) is 27.6. The van der Waals surface area contributed by atoms with Gasteiger partial charge >= 0.3 is 0 Å². The fourth-order valence-electron chi connectivity index (χ4n) is 3.21. The summed E-state index contributed by atoms with van der Waals surface area (Å²) in [5.41, 5.74) is 1.59. The average Bonchev–Trinajstić information content (AvgIpc) is 3.33. The molecule has 8 nitrogen and oxygen atoms in total. The maximum Gasteiger partial charge on any atom is 0.274 e. The Hall–Kier alpha value is -2.59. The number of allylic oxidation sites excluding steroid dienone is 2. The molecule has 2 aromatic rings. The van der Waals surface area contributed by atoms with Gasteiger partial charge in [-0.05, 0) is 37.6 Å². The monoisotopic (exact) mass is 433 g/mol. The van der Waals surface area contributed by atoms with Crippen molar-refractivity contribution in [2.24, 2.45) is 4.99 Å². The number of anilines is 1. The number of amides is 1. The van der Waals surface area contributed by atoms with E-state index in [0.29, 0.717) is 34.8 Å². The molecule has 1 amide bonds. The van der Waals surface area contributed by atoms with Crippen LogP contribution in [0.1, 0.15) is 23.8 Å². The van der Waals surface area contributed by atoms with Crippen molar-refractivity contribution in [2.45, 2.75) is 24.6 Å². The van der Waals surface area contributed by atoms with E-state index in [1.165, 1.54) is 17.6 Å². The lowest BCUT2D eigenvalue weighted by Crippen LogP contribution is -2.32. The Balaban J connectivity index is 1.91. The van der Waals surface area contributed by atoms with Gasteiger partial charge in [0.1, 0.15) is 0 Å². The molecule has 1 fully saturated rings. The van der Waals surface area contributed by atoms with E-state index >= 15 is 0 Å². The molecule has 10 heteroatoms. The maximum atomic E-state index is 13.1. The van der Waals surface area contributed by atoms with Crippen molar-refractivity contribution < 1.29 is 13.2 Å². The Morgan fingerprint density at radius 3 is 2.86 bits per heavy atom. The number of carbonyl (C=O) groups is 1. The van der Waals surface area contributed by atoms with Crippen molar-refractivity contribution in [3.8, 4) is 0 Å². The van der Waals surface area contributed by atoms with Crippen LogP contribution in [-0.4, -0.2) is 66.5 Å². The Labute approximate surface area is 174 Å². The number of fused-ring (bicyclic) bond motifs is 1. The average molecular weight is 434 g/mol. The summed E-state index contributed by atoms with van der Waals surface area (Å²) in [7, 11) is -3.19. The SMILES string of the molecule is C=C/C=C(\N=C)C(C)Nc1nc(C(=O)N2CC[C@@H](S(C)(=O)=O)C2)c2sccc2n1. The standard InChI is InChI=1S/C19H23N5O3S2/c1-5-6-14(20-3)12(2)21-19-22-15-8-10-28-17(15)16(23-19)18(25)24-9-7-13(11-24)29(4,26)27/h5-6,8,10,12-13H,1,3,7,9,11H2,2,4H3,(H,21,22,23)/b14-6-/t12?,13-/m1/s1. The van der Waals surface area contributed by atoms with Crippen molar-refractivity contribution in [1.82, 2.24) is 14.9 Å². The van der Waals surface area contributed by atoms with Crippen LogP contribution in [0.25, 0.3) is 10.2 Å². The molecular weight excluding hydrogens is 410 g/mol. The van der Waals surface area contributed by atoms with Gasteiger partial charge in [0, 0.05) is 19.3 Å². The van der Waals surface area contributed by atoms with Gasteiger partial charge in [0.2, 0.25) is 5.95 Å². The van der Waals surface area contributed by atoms with E-state index in [-0.39, 0.29) is 24.2 Å². The summed E-state index contributed by atoms with van der Waals surface area (Å²) in [6.07, 6.45) is 4.99. The molecule has 1 saturated heterocycles. The number of thiophene rings is 1. The van der Waals surface area contributed by atoms with E-state index in [1.54, 1.807) is 17.1 Å². The Morgan fingerprint density at radius 1 is 1.48 bits per heavy atom. The number of rotatable bonds is 7. The minimum Gasteiger partial charge on any atom is -0.346 e. The van der Waals surface area contributed by atoms with E-state index < -0.39 is 15.1 Å². The smallest absolute Gasteiger partial charge is 0.274 e. The normalized spacial score (nSPS) is 18.6. The summed E-state index contributed by atoms with van der Waals surface area (Å²) in [5, 5.41) is 4.46. The zero-order chi connectivity index (χ0) is 21.2. The van der Waals surface area contributed by atoms with Crippen LogP contribution in [0.5, 0.6) is 0 Å². The lowest BCUT2D eigenvalue weighted by atomic mass is 10.2. The van der Waals surface area contributed by atoms with E-state index in [2.05, 4.69) is 33.6 Å². The molecule has 2 aromatic heterocycles. The highest BCUT2D eigenvalue weighted by molar-refractivity contribution is 7.91. The predicted molar refractivity (Wildman–Crippen MR) is 117 cm³/mol. The number of sulfone groups is 1. The number of carbonyl (C=O) groups excluding carboxylic acids is 1. The molecule has 1 aliphatic rings. The van der Waals surface area contributed by atoms with E-state index in [4.69, 9.17) is 0 Å². The number of nitrogens with one attached hydrogen (secondary N) is 1. The van der Waals surface area contributed by atoms with Crippen LogP contribution in [0.4, 0.5) is 5.95 Å². The summed E-state index contributed by atoms with van der Waals surface area (Å²) in [6, 6.07) is 1.58. The van der Waals surface area contributed by atoms with Gasteiger partial charge < -0.3 is 10.2 Å². The molecule has 2 atom stereocenters. The van der Waals surface area contributed by atoms with Crippen molar-refractivity contribution in [2.75, 3.05) is 24.7 Å². The first-order chi connectivity index (χ1) is 13.7. The number of likely N-dealkylation sites (tertiary alicyclic amines) is 1. The van der Waals surface area contributed by atoms with Gasteiger partial charge in [-0.3, -0.25) is 9.79 Å². The van der Waals surface area contributed by atoms with Gasteiger partial charge in [-0.1, -0.05) is 12.7 Å². The maximum absolute atomic E-state index is 13.1. The number of hydrogen-bond acceptors (Lipinski definition) is 8. The van der Waals surface area contributed by atoms with Gasteiger partial charge in [-0.25, -0.2) is 18.4 Å². The summed E-state index contributed by atoms with van der Waals surface area (Å²) in [5.74, 6) is 0.00891. The Kier molecular flexibility index (Phi) is 6.13. The zero-order valence-corrected chi connectivity index (χ0v) is 18.0. The Bertz CT molecular complexity index is 1090. The molecule has 0 saturated carbocycles. The molecule has 0 spiro atoms. The first-order valence-corrected chi connectivity index (χ1v) is 11.9. The zero-order valence-electron chi connectivity index (χ0n) is 16.3. The first-order valence-electron chi connectivity index (χ1n) is 9.04. The molecule has 1 unspecified atom stereocenters. The molecule has 0 aromatic carbocycles. The van der Waals surface area contributed by atoms with E-state index in [0.717, 1.165) is 0 Å². The van der Waals surface area contributed by atoms with Crippen LogP contribution in [0.3, 0.4) is 0 Å². The minimum atomic E-state index is -3.19. The molecule has 154 valence electrons. The molecule has 3 rings (SSSR count). The number of aliphatic imine (C=N–C) groups is 1. The quantitative estimate of drug-likeness (QED) is 0.531. The van der Waals surface area contributed by atoms with Crippen molar-refractivity contribution in [3.63, 3.8) is 0 Å². The molecule has 29 heavy (non-hydrogen) atoms. The van der Waals surface area contributed by atoms with E-state index in [1.807, 2.05) is 18.4 Å². The highest BCUT2D eigenvalue weighted by atomic mass is 32.2. The predicted octanol–water partition coefficient (Wildman–Crippen LogP) is 2.52. The van der Waals surface area contributed by atoms with E-state index in [9.17, 15) is 13.2 Å². The number of hydrogen-bond donors (Lipinski definition) is 1. The highest BCUT2D eigenvalue weighted by Gasteiger charge is 2.34. The third-order valence-corrected chi connectivity index (χ3v) is 7.31. The molecule has 0 aliphatic carbocycles. The van der Waals surface area contributed by atoms with Crippen LogP contribution in [-0.2, 0) is 9.84 Å². The lowest BCUT2D eigenvalue weighted by molar-refractivity contribution is 0.0789.